The molecule has 0 bridgehead atoms. The molecular weight excluding hydrogens is 282 g/mol. The predicted octanol–water partition coefficient (Wildman–Crippen LogP) is 2.61. The van der Waals surface area contributed by atoms with E-state index in [4.69, 9.17) is 0 Å². The Morgan fingerprint density at radius 2 is 2.35 bits per heavy atom. The molecule has 94 valence electrons. The summed E-state index contributed by atoms with van der Waals surface area (Å²) in [4.78, 5) is 14.4. The SMILES string of the molecule is CC1CCCCN1C(=O)C(C)n1cc(Br)cn1. The van der Waals surface area contributed by atoms with Crippen LogP contribution in [0.25, 0.3) is 0 Å². The standard InChI is InChI=1S/C12H18BrN3O/c1-9-5-3-4-6-15(9)12(17)10(2)16-8-11(13)7-14-16/h7-10H,3-6H2,1-2H3. The lowest BCUT2D eigenvalue weighted by Gasteiger charge is -2.35. The van der Waals surface area contributed by atoms with Gasteiger partial charge in [0, 0.05) is 18.8 Å². The number of nitrogens with zero attached hydrogens (tertiary/aromatic N) is 3. The first-order valence-electron chi connectivity index (χ1n) is 6.09. The van der Waals surface area contributed by atoms with Crippen LogP contribution in [0.15, 0.2) is 16.9 Å². The molecule has 0 aromatic carbocycles. The molecule has 17 heavy (non-hydrogen) atoms. The molecule has 5 heteroatoms. The molecule has 0 spiro atoms. The minimum absolute atomic E-state index is 0.174. The predicted molar refractivity (Wildman–Crippen MR) is 69.7 cm³/mol. The fourth-order valence-corrected chi connectivity index (χ4v) is 2.61. The molecule has 2 atom stereocenters. The van der Waals surface area contributed by atoms with Crippen molar-refractivity contribution >= 4 is 21.8 Å². The van der Waals surface area contributed by atoms with Crippen LogP contribution in [0.5, 0.6) is 0 Å². The second-order valence-electron chi connectivity index (χ2n) is 4.69. The lowest BCUT2D eigenvalue weighted by atomic mass is 10.0. The first kappa shape index (κ1) is 12.6. The molecule has 2 rings (SSSR count). The zero-order valence-corrected chi connectivity index (χ0v) is 11.9. The summed E-state index contributed by atoms with van der Waals surface area (Å²) >= 11 is 3.35. The molecule has 2 heterocycles. The Morgan fingerprint density at radius 1 is 1.59 bits per heavy atom. The van der Waals surface area contributed by atoms with Crippen LogP contribution in [0.4, 0.5) is 0 Å². The molecule has 1 aliphatic rings. The second kappa shape index (κ2) is 5.21. The molecule has 0 N–H and O–H groups in total. The number of piperidine rings is 1. The minimum Gasteiger partial charge on any atom is -0.338 e. The van der Waals surface area contributed by atoms with E-state index in [1.807, 2.05) is 18.0 Å². The number of hydrogen-bond acceptors (Lipinski definition) is 2. The van der Waals surface area contributed by atoms with E-state index in [1.165, 1.54) is 6.42 Å². The zero-order valence-electron chi connectivity index (χ0n) is 10.3. The number of rotatable bonds is 2. The molecule has 0 saturated carbocycles. The van der Waals surface area contributed by atoms with Gasteiger partial charge in [0.15, 0.2) is 0 Å². The van der Waals surface area contributed by atoms with Crippen molar-refractivity contribution in [1.82, 2.24) is 14.7 Å². The number of aromatic nitrogens is 2. The summed E-state index contributed by atoms with van der Waals surface area (Å²) in [6.45, 7) is 4.92. The molecular formula is C12H18BrN3O. The number of amides is 1. The lowest BCUT2D eigenvalue weighted by Crippen LogP contribution is -2.45. The van der Waals surface area contributed by atoms with E-state index in [1.54, 1.807) is 10.9 Å². The Kier molecular flexibility index (Phi) is 3.86. The quantitative estimate of drug-likeness (QED) is 0.842. The molecule has 1 aromatic rings. The third-order valence-corrected chi connectivity index (χ3v) is 3.82. The molecule has 0 radical (unpaired) electrons. The van der Waals surface area contributed by atoms with Crippen LogP contribution in [0.3, 0.4) is 0 Å². The maximum absolute atomic E-state index is 12.4. The van der Waals surface area contributed by atoms with E-state index in [0.717, 1.165) is 23.9 Å². The largest absolute Gasteiger partial charge is 0.338 e. The highest BCUT2D eigenvalue weighted by atomic mass is 79.9. The molecule has 1 amide bonds. The molecule has 2 unspecified atom stereocenters. The van der Waals surface area contributed by atoms with Crippen molar-refractivity contribution in [1.29, 1.82) is 0 Å². The van der Waals surface area contributed by atoms with Gasteiger partial charge in [-0.15, -0.1) is 0 Å². The van der Waals surface area contributed by atoms with Crippen molar-refractivity contribution in [3.63, 3.8) is 0 Å². The molecule has 0 aliphatic carbocycles. The summed E-state index contributed by atoms with van der Waals surface area (Å²) in [6, 6.07) is 0.138. The van der Waals surface area contributed by atoms with Crippen LogP contribution in [-0.4, -0.2) is 33.2 Å². The van der Waals surface area contributed by atoms with E-state index in [0.29, 0.717) is 6.04 Å². The van der Waals surface area contributed by atoms with Crippen molar-refractivity contribution in [2.45, 2.75) is 45.2 Å². The Balaban J connectivity index is 2.08. The summed E-state index contributed by atoms with van der Waals surface area (Å²) in [5.41, 5.74) is 0. The van der Waals surface area contributed by atoms with Gasteiger partial charge in [0.2, 0.25) is 5.91 Å². The molecule has 1 fully saturated rings. The zero-order chi connectivity index (χ0) is 12.4. The smallest absolute Gasteiger partial charge is 0.247 e. The van der Waals surface area contributed by atoms with Gasteiger partial charge < -0.3 is 4.90 Å². The van der Waals surface area contributed by atoms with Crippen LogP contribution >= 0.6 is 15.9 Å². The van der Waals surface area contributed by atoms with Gasteiger partial charge in [-0.1, -0.05) is 0 Å². The van der Waals surface area contributed by atoms with Crippen molar-refractivity contribution in [2.24, 2.45) is 0 Å². The lowest BCUT2D eigenvalue weighted by molar-refractivity contribution is -0.137. The maximum Gasteiger partial charge on any atom is 0.247 e. The van der Waals surface area contributed by atoms with Gasteiger partial charge in [0.05, 0.1) is 10.7 Å². The third-order valence-electron chi connectivity index (χ3n) is 3.41. The normalized spacial score (nSPS) is 22.5. The maximum atomic E-state index is 12.4. The number of carbonyl (C=O) groups excluding carboxylic acids is 1. The highest BCUT2D eigenvalue weighted by molar-refractivity contribution is 9.10. The first-order valence-corrected chi connectivity index (χ1v) is 6.89. The molecule has 1 aromatic heterocycles. The summed E-state index contributed by atoms with van der Waals surface area (Å²) < 4.78 is 2.62. The molecule has 1 aliphatic heterocycles. The number of halogens is 1. The van der Waals surface area contributed by atoms with Gasteiger partial charge in [-0.25, -0.2) is 0 Å². The van der Waals surface area contributed by atoms with Gasteiger partial charge in [0.25, 0.3) is 0 Å². The average molecular weight is 300 g/mol. The summed E-state index contributed by atoms with van der Waals surface area (Å²) in [6.07, 6.45) is 7.01. The van der Waals surface area contributed by atoms with E-state index < -0.39 is 0 Å². The highest BCUT2D eigenvalue weighted by Gasteiger charge is 2.28. The highest BCUT2D eigenvalue weighted by Crippen LogP contribution is 2.21. The van der Waals surface area contributed by atoms with E-state index in [2.05, 4.69) is 28.0 Å². The van der Waals surface area contributed by atoms with Gasteiger partial charge in [-0.2, -0.15) is 5.10 Å². The van der Waals surface area contributed by atoms with Gasteiger partial charge in [-0.05, 0) is 49.0 Å². The average Bonchev–Trinajstić information content (AvgIpc) is 2.75. The fraction of sp³-hybridized carbons (Fsp3) is 0.667. The Bertz CT molecular complexity index is 404. The van der Waals surface area contributed by atoms with Gasteiger partial charge >= 0.3 is 0 Å². The fourth-order valence-electron chi connectivity index (χ4n) is 2.31. The summed E-state index contributed by atoms with van der Waals surface area (Å²) in [7, 11) is 0. The van der Waals surface area contributed by atoms with Crippen LogP contribution in [-0.2, 0) is 4.79 Å². The van der Waals surface area contributed by atoms with E-state index in [-0.39, 0.29) is 11.9 Å². The Hall–Kier alpha value is -0.840. The summed E-state index contributed by atoms with van der Waals surface area (Å²) in [5.74, 6) is 0.174. The molecule has 1 saturated heterocycles. The van der Waals surface area contributed by atoms with E-state index >= 15 is 0 Å². The Labute approximate surface area is 110 Å². The van der Waals surface area contributed by atoms with Crippen LogP contribution < -0.4 is 0 Å². The summed E-state index contributed by atoms with van der Waals surface area (Å²) in [5, 5.41) is 4.18. The molecule has 4 nitrogen and oxygen atoms in total. The topological polar surface area (TPSA) is 38.1 Å². The third kappa shape index (κ3) is 2.70. The van der Waals surface area contributed by atoms with Crippen LogP contribution in [0.2, 0.25) is 0 Å². The number of hydrogen-bond donors (Lipinski definition) is 0. The van der Waals surface area contributed by atoms with Crippen molar-refractivity contribution in [3.8, 4) is 0 Å². The minimum atomic E-state index is -0.221. The van der Waals surface area contributed by atoms with Gasteiger partial charge in [-0.3, -0.25) is 9.48 Å². The number of likely N-dealkylation sites (tertiary alicyclic amines) is 1. The van der Waals surface area contributed by atoms with E-state index in [9.17, 15) is 4.79 Å². The van der Waals surface area contributed by atoms with Crippen LogP contribution in [0, 0.1) is 0 Å². The van der Waals surface area contributed by atoms with Crippen LogP contribution in [0.1, 0.15) is 39.2 Å². The van der Waals surface area contributed by atoms with Crippen molar-refractivity contribution < 1.29 is 4.79 Å². The van der Waals surface area contributed by atoms with Gasteiger partial charge in [0.1, 0.15) is 6.04 Å². The van der Waals surface area contributed by atoms with Crippen molar-refractivity contribution in [2.75, 3.05) is 6.54 Å². The Morgan fingerprint density at radius 3 is 2.94 bits per heavy atom. The first-order chi connectivity index (χ1) is 8.09. The van der Waals surface area contributed by atoms with Crippen molar-refractivity contribution in [3.05, 3.63) is 16.9 Å². The number of carbonyl (C=O) groups is 1. The second-order valence-corrected chi connectivity index (χ2v) is 5.61. The monoisotopic (exact) mass is 299 g/mol.